The highest BCUT2D eigenvalue weighted by Crippen LogP contribution is 2.30. The molecular weight excluding hydrogens is 567 g/mol. The number of anilines is 1. The quantitative estimate of drug-likeness (QED) is 0.328. The molecule has 3 aromatic rings. The third-order valence-electron chi connectivity index (χ3n) is 6.38. The molecule has 0 spiro atoms. The van der Waals surface area contributed by atoms with Crippen LogP contribution in [0.2, 0.25) is 0 Å². The first-order chi connectivity index (χ1) is 19.5. The van der Waals surface area contributed by atoms with E-state index in [0.717, 1.165) is 9.87 Å². The van der Waals surface area contributed by atoms with Crippen molar-refractivity contribution < 1.29 is 46.4 Å². The zero-order chi connectivity index (χ0) is 29.7. The zero-order valence-corrected chi connectivity index (χ0v) is 23.5. The van der Waals surface area contributed by atoms with E-state index in [1.165, 1.54) is 37.7 Å². The number of aromatic nitrogens is 2. The molecule has 0 saturated carbocycles. The van der Waals surface area contributed by atoms with Crippen molar-refractivity contribution in [3.63, 3.8) is 0 Å². The molecule has 5 atom stereocenters. The van der Waals surface area contributed by atoms with Crippen molar-refractivity contribution >= 4 is 24.6 Å². The van der Waals surface area contributed by atoms with E-state index >= 15 is 0 Å². The van der Waals surface area contributed by atoms with Crippen LogP contribution in [0.15, 0.2) is 61.1 Å². The molecule has 1 amide bonds. The van der Waals surface area contributed by atoms with Crippen LogP contribution in [0.1, 0.15) is 13.8 Å². The van der Waals surface area contributed by atoms with E-state index in [1.807, 2.05) is 6.92 Å². The predicted octanol–water partition coefficient (Wildman–Crippen LogP) is 5.41. The Kier molecular flexibility index (Phi) is 9.81. The molecule has 41 heavy (non-hydrogen) atoms. The number of imidazole rings is 1. The maximum absolute atomic E-state index is 12.9. The van der Waals surface area contributed by atoms with Gasteiger partial charge in [0, 0.05) is 38.3 Å². The molecule has 2 aromatic carbocycles. The van der Waals surface area contributed by atoms with Crippen LogP contribution in [-0.2, 0) is 23.7 Å². The molecule has 0 N–H and O–H groups in total. The lowest BCUT2D eigenvalue weighted by Crippen LogP contribution is -2.60. The first-order valence-corrected chi connectivity index (χ1v) is 13.0. The first kappa shape index (κ1) is 30.7. The van der Waals surface area contributed by atoms with Gasteiger partial charge in [-0.3, -0.25) is 0 Å². The fourth-order valence-electron chi connectivity index (χ4n) is 4.48. The van der Waals surface area contributed by atoms with E-state index in [1.54, 1.807) is 49.1 Å². The number of ether oxygens (including phenoxy) is 6. The summed E-state index contributed by atoms with van der Waals surface area (Å²) in [4.78, 5) is 17.3. The maximum Gasteiger partial charge on any atom is 0.573 e. The van der Waals surface area contributed by atoms with Gasteiger partial charge in [-0.15, -0.1) is 13.2 Å². The molecular formula is C27H30F3N3O7S. The number of hydrogen-bond donors (Lipinski definition) is 1. The number of thiol groups is 1. The molecule has 14 heteroatoms. The van der Waals surface area contributed by atoms with Crippen LogP contribution in [0.3, 0.4) is 0 Å². The predicted molar refractivity (Wildman–Crippen MR) is 145 cm³/mol. The molecule has 1 aliphatic rings. The Bertz CT molecular complexity index is 1290. The van der Waals surface area contributed by atoms with Crippen molar-refractivity contribution in [3.8, 4) is 22.7 Å². The molecule has 1 aliphatic heterocycles. The second-order valence-corrected chi connectivity index (χ2v) is 9.38. The van der Waals surface area contributed by atoms with E-state index in [4.69, 9.17) is 23.7 Å². The summed E-state index contributed by atoms with van der Waals surface area (Å²) in [6.45, 7) is 4.05. The number of halogens is 3. The second-order valence-electron chi connectivity index (χ2n) is 8.98. The molecule has 1 aromatic heterocycles. The van der Waals surface area contributed by atoms with Crippen LogP contribution in [0.4, 0.5) is 23.7 Å². The van der Waals surface area contributed by atoms with Crippen LogP contribution in [0.25, 0.3) is 16.9 Å². The number of amides is 1. The highest BCUT2D eigenvalue weighted by molar-refractivity contribution is 7.82. The van der Waals surface area contributed by atoms with Crippen LogP contribution in [0.5, 0.6) is 5.75 Å². The lowest BCUT2D eigenvalue weighted by Gasteiger charge is -2.43. The van der Waals surface area contributed by atoms with Crippen molar-refractivity contribution in [2.45, 2.75) is 50.9 Å². The minimum atomic E-state index is -4.76. The molecule has 10 nitrogen and oxygen atoms in total. The van der Waals surface area contributed by atoms with Gasteiger partial charge in [-0.05, 0) is 50.2 Å². The summed E-state index contributed by atoms with van der Waals surface area (Å²) < 4.78 is 72.2. The lowest BCUT2D eigenvalue weighted by atomic mass is 9.99. The standard InChI is InChI=1S/C27H30F3N3O7S/c1-5-37-23-22(35-3)16(2)38-25(24(23)36-4)39-26(34)33(41)19-8-6-17(7-9-19)21-14-32(15-31-21)18-10-12-20(13-11-18)40-27(28,29)30/h6-16,22-25,41H,5H2,1-4H3. The minimum Gasteiger partial charge on any atom is -0.416 e. The Balaban J connectivity index is 1.41. The van der Waals surface area contributed by atoms with Gasteiger partial charge in [-0.1, -0.05) is 24.9 Å². The Morgan fingerprint density at radius 2 is 1.71 bits per heavy atom. The lowest BCUT2D eigenvalue weighted by molar-refractivity contribution is -0.292. The third-order valence-corrected chi connectivity index (χ3v) is 6.77. The topological polar surface area (TPSA) is 93.5 Å². The average Bonchev–Trinajstić information content (AvgIpc) is 3.43. The molecule has 4 rings (SSSR count). The highest BCUT2D eigenvalue weighted by atomic mass is 32.1. The summed E-state index contributed by atoms with van der Waals surface area (Å²) in [5, 5.41) is 0. The zero-order valence-electron chi connectivity index (χ0n) is 22.6. The first-order valence-electron chi connectivity index (χ1n) is 12.6. The Morgan fingerprint density at radius 1 is 1.05 bits per heavy atom. The highest BCUT2D eigenvalue weighted by Gasteiger charge is 2.47. The van der Waals surface area contributed by atoms with E-state index < -0.39 is 43.2 Å². The Labute approximate surface area is 240 Å². The van der Waals surface area contributed by atoms with Crippen LogP contribution >= 0.6 is 12.8 Å². The second kappa shape index (κ2) is 13.1. The van der Waals surface area contributed by atoms with E-state index in [0.29, 0.717) is 23.7 Å². The Hall–Kier alpha value is -3.30. The molecule has 0 radical (unpaired) electrons. The van der Waals surface area contributed by atoms with E-state index in [-0.39, 0.29) is 5.75 Å². The van der Waals surface area contributed by atoms with Gasteiger partial charge in [0.05, 0.1) is 23.8 Å². The number of methoxy groups -OCH3 is 2. The Morgan fingerprint density at radius 3 is 2.29 bits per heavy atom. The summed E-state index contributed by atoms with van der Waals surface area (Å²) in [6, 6.07) is 12.2. The number of carbonyl (C=O) groups is 1. The number of nitrogens with zero attached hydrogens (tertiary/aromatic N) is 3. The van der Waals surface area contributed by atoms with Crippen LogP contribution in [0, 0.1) is 0 Å². The third kappa shape index (κ3) is 7.32. The maximum atomic E-state index is 12.9. The number of benzene rings is 2. The van der Waals surface area contributed by atoms with E-state index in [2.05, 4.69) is 22.5 Å². The van der Waals surface area contributed by atoms with Gasteiger partial charge in [0.1, 0.15) is 24.1 Å². The molecule has 1 saturated heterocycles. The number of carbonyl (C=O) groups excluding carboxylic acids is 1. The van der Waals surface area contributed by atoms with Gasteiger partial charge in [0.2, 0.25) is 6.29 Å². The van der Waals surface area contributed by atoms with Crippen LogP contribution in [-0.4, -0.2) is 73.5 Å². The van der Waals surface area contributed by atoms with Gasteiger partial charge in [-0.25, -0.2) is 14.1 Å². The fourth-order valence-corrected chi connectivity index (χ4v) is 4.66. The van der Waals surface area contributed by atoms with Crippen molar-refractivity contribution in [1.82, 2.24) is 9.55 Å². The SMILES string of the molecule is CCOC1C(OC)C(C)OC(OC(=O)N(S)c2ccc(-c3cn(-c4ccc(OC(F)(F)F)cc4)cn3)cc2)C1OC. The number of rotatable bonds is 9. The van der Waals surface area contributed by atoms with Crippen molar-refractivity contribution in [2.75, 3.05) is 25.1 Å². The normalized spacial score (nSPS) is 22.8. The summed E-state index contributed by atoms with van der Waals surface area (Å²) in [6.07, 6.45) is -5.44. The van der Waals surface area contributed by atoms with Crippen molar-refractivity contribution in [1.29, 1.82) is 0 Å². The monoisotopic (exact) mass is 597 g/mol. The molecule has 0 aliphatic carbocycles. The summed E-state index contributed by atoms with van der Waals surface area (Å²) in [5.41, 5.74) is 2.35. The summed E-state index contributed by atoms with van der Waals surface area (Å²) >= 11 is 4.31. The van der Waals surface area contributed by atoms with Crippen molar-refractivity contribution in [3.05, 3.63) is 61.1 Å². The minimum absolute atomic E-state index is 0.317. The van der Waals surface area contributed by atoms with E-state index in [9.17, 15) is 18.0 Å². The molecule has 1 fully saturated rings. The summed E-state index contributed by atoms with van der Waals surface area (Å²) in [7, 11) is 3.02. The molecule has 222 valence electrons. The average molecular weight is 598 g/mol. The van der Waals surface area contributed by atoms with Gasteiger partial charge in [-0.2, -0.15) is 0 Å². The van der Waals surface area contributed by atoms with Crippen molar-refractivity contribution in [2.24, 2.45) is 0 Å². The summed E-state index contributed by atoms with van der Waals surface area (Å²) in [5.74, 6) is -0.317. The smallest absolute Gasteiger partial charge is 0.416 e. The largest absolute Gasteiger partial charge is 0.573 e. The molecule has 5 unspecified atom stereocenters. The molecule has 2 heterocycles. The number of hydrogen-bond acceptors (Lipinski definition) is 9. The van der Waals surface area contributed by atoms with Gasteiger partial charge in [0.25, 0.3) is 0 Å². The van der Waals surface area contributed by atoms with Crippen LogP contribution < -0.4 is 9.04 Å². The van der Waals surface area contributed by atoms with Gasteiger partial charge < -0.3 is 33.0 Å². The fraction of sp³-hybridized carbons (Fsp3) is 0.407. The molecule has 0 bridgehead atoms. The van der Waals surface area contributed by atoms with Gasteiger partial charge >= 0.3 is 12.5 Å². The number of alkyl halides is 3. The van der Waals surface area contributed by atoms with Gasteiger partial charge in [0.15, 0.2) is 0 Å².